The van der Waals surface area contributed by atoms with Crippen LogP contribution in [0.5, 0.6) is 0 Å². The monoisotopic (exact) mass is 250 g/mol. The van der Waals surface area contributed by atoms with Gasteiger partial charge in [0.2, 0.25) is 0 Å². The predicted molar refractivity (Wildman–Crippen MR) is 81.0 cm³/mol. The molecule has 2 nitrogen and oxygen atoms in total. The summed E-state index contributed by atoms with van der Waals surface area (Å²) in [7, 11) is 2.18. The fourth-order valence-corrected chi connectivity index (χ4v) is 2.14. The van der Waals surface area contributed by atoms with Crippen molar-refractivity contribution in [2.24, 2.45) is 0 Å². The molecule has 2 heterocycles. The average molecular weight is 250 g/mol. The Balaban J connectivity index is 0.000000659. The number of hydrogen-bond donors (Lipinski definition) is 0. The van der Waals surface area contributed by atoms with Gasteiger partial charge >= 0.3 is 0 Å². The van der Waals surface area contributed by atoms with E-state index in [0.717, 1.165) is 12.2 Å². The molecule has 2 heteroatoms. The van der Waals surface area contributed by atoms with Gasteiger partial charge in [0.15, 0.2) is 0 Å². The molecule has 0 N–H and O–H groups in total. The van der Waals surface area contributed by atoms with Crippen LogP contribution in [0.25, 0.3) is 0 Å². The first kappa shape index (κ1) is 17.1. The largest absolute Gasteiger partial charge is 0.302 e. The van der Waals surface area contributed by atoms with Crippen molar-refractivity contribution in [3.8, 4) is 0 Å². The Morgan fingerprint density at radius 2 is 1.83 bits per heavy atom. The number of aryl methyl sites for hydroxylation is 1. The highest BCUT2D eigenvalue weighted by molar-refractivity contribution is 5.30. The zero-order chi connectivity index (χ0) is 14.1. The summed E-state index contributed by atoms with van der Waals surface area (Å²) in [5.41, 5.74) is 4.05. The van der Waals surface area contributed by atoms with Crippen LogP contribution >= 0.6 is 0 Å². The molecule has 1 aliphatic rings. The maximum atomic E-state index is 4.38. The first-order valence-electron chi connectivity index (χ1n) is 7.31. The molecule has 0 bridgehead atoms. The quantitative estimate of drug-likeness (QED) is 0.679. The molecule has 1 aliphatic heterocycles. The average Bonchev–Trinajstić information content (AvgIpc) is 2.55. The number of pyridine rings is 1. The van der Waals surface area contributed by atoms with Crippen molar-refractivity contribution in [1.82, 2.24) is 9.88 Å². The van der Waals surface area contributed by atoms with Gasteiger partial charge in [0.1, 0.15) is 0 Å². The van der Waals surface area contributed by atoms with Crippen molar-refractivity contribution < 1.29 is 0 Å². The molecule has 0 radical (unpaired) electrons. The molecular formula is C16H30N2. The van der Waals surface area contributed by atoms with Crippen LogP contribution < -0.4 is 0 Å². The summed E-state index contributed by atoms with van der Waals surface area (Å²) in [6, 6.07) is 2.25. The summed E-state index contributed by atoms with van der Waals surface area (Å²) in [6.07, 6.45) is 3.30. The number of nitrogens with zero attached hydrogens (tertiary/aromatic N) is 2. The lowest BCUT2D eigenvalue weighted by molar-refractivity contribution is 0.326. The van der Waals surface area contributed by atoms with Gasteiger partial charge in [-0.2, -0.15) is 0 Å². The summed E-state index contributed by atoms with van der Waals surface area (Å²) >= 11 is 0. The van der Waals surface area contributed by atoms with Crippen molar-refractivity contribution in [1.29, 1.82) is 0 Å². The molecule has 0 saturated carbocycles. The Kier molecular flexibility index (Phi) is 8.65. The minimum Gasteiger partial charge on any atom is -0.302 e. The Morgan fingerprint density at radius 1 is 1.22 bits per heavy atom. The van der Waals surface area contributed by atoms with E-state index >= 15 is 0 Å². The standard InChI is InChI=1S/C12H18N2.2C2H6/c1-9-4-5-14(3)8-11-7-13-10(2)6-12(9)11;2*1-2/h6-7,9H,4-5,8H2,1-3H3;2*1-2H3. The number of hydrogen-bond acceptors (Lipinski definition) is 2. The SMILES string of the molecule is CC.CC.Cc1cc2c(cn1)CN(C)CCC2C. The van der Waals surface area contributed by atoms with Gasteiger partial charge in [-0.25, -0.2) is 0 Å². The van der Waals surface area contributed by atoms with Gasteiger partial charge in [-0.3, -0.25) is 4.98 Å². The van der Waals surface area contributed by atoms with E-state index in [2.05, 4.69) is 36.8 Å². The maximum Gasteiger partial charge on any atom is 0.0375 e. The Labute approximate surface area is 113 Å². The van der Waals surface area contributed by atoms with Crippen molar-refractivity contribution in [3.63, 3.8) is 0 Å². The molecule has 0 fully saturated rings. The molecule has 1 aromatic rings. The van der Waals surface area contributed by atoms with Crippen LogP contribution in [0.3, 0.4) is 0 Å². The second kappa shape index (κ2) is 9.09. The molecule has 0 saturated heterocycles. The lowest BCUT2D eigenvalue weighted by atomic mass is 9.95. The van der Waals surface area contributed by atoms with Crippen molar-refractivity contribution in [2.75, 3.05) is 13.6 Å². The third-order valence-corrected chi connectivity index (χ3v) is 3.07. The van der Waals surface area contributed by atoms with Crippen molar-refractivity contribution in [3.05, 3.63) is 29.1 Å². The molecule has 0 aliphatic carbocycles. The minimum atomic E-state index is 0.677. The van der Waals surface area contributed by atoms with Crippen LogP contribution in [-0.2, 0) is 6.54 Å². The van der Waals surface area contributed by atoms with E-state index in [-0.39, 0.29) is 0 Å². The Hall–Kier alpha value is -0.890. The van der Waals surface area contributed by atoms with Gasteiger partial charge in [-0.1, -0.05) is 34.6 Å². The molecular weight excluding hydrogens is 220 g/mol. The minimum absolute atomic E-state index is 0.677. The highest BCUT2D eigenvalue weighted by Crippen LogP contribution is 2.27. The number of aromatic nitrogens is 1. The summed E-state index contributed by atoms with van der Waals surface area (Å²) in [4.78, 5) is 6.75. The summed E-state index contributed by atoms with van der Waals surface area (Å²) in [5, 5.41) is 0. The molecule has 2 rings (SSSR count). The van der Waals surface area contributed by atoms with Crippen molar-refractivity contribution >= 4 is 0 Å². The van der Waals surface area contributed by atoms with E-state index in [0.29, 0.717) is 5.92 Å². The normalized spacial score (nSPS) is 18.5. The zero-order valence-electron chi connectivity index (χ0n) is 13.2. The summed E-state index contributed by atoms with van der Waals surface area (Å²) in [5.74, 6) is 0.677. The lowest BCUT2D eigenvalue weighted by Gasteiger charge is -2.12. The van der Waals surface area contributed by atoms with Gasteiger partial charge in [-0.05, 0) is 50.0 Å². The van der Waals surface area contributed by atoms with Gasteiger partial charge in [0.25, 0.3) is 0 Å². The van der Waals surface area contributed by atoms with Crippen LogP contribution in [0.1, 0.15) is 63.8 Å². The van der Waals surface area contributed by atoms with Crippen molar-refractivity contribution in [2.45, 2.75) is 60.4 Å². The smallest absolute Gasteiger partial charge is 0.0375 e. The van der Waals surface area contributed by atoms with Gasteiger partial charge in [0.05, 0.1) is 0 Å². The van der Waals surface area contributed by atoms with Crippen LogP contribution in [0, 0.1) is 6.92 Å². The third kappa shape index (κ3) is 4.77. The highest BCUT2D eigenvalue weighted by Gasteiger charge is 2.17. The number of rotatable bonds is 0. The predicted octanol–water partition coefficient (Wildman–Crippen LogP) is 4.38. The molecule has 0 spiro atoms. The topological polar surface area (TPSA) is 16.1 Å². The summed E-state index contributed by atoms with van der Waals surface area (Å²) < 4.78 is 0. The first-order valence-corrected chi connectivity index (χ1v) is 7.31. The molecule has 0 aromatic carbocycles. The Morgan fingerprint density at radius 3 is 2.44 bits per heavy atom. The lowest BCUT2D eigenvalue weighted by Crippen LogP contribution is -2.17. The molecule has 18 heavy (non-hydrogen) atoms. The second-order valence-electron chi connectivity index (χ2n) is 4.45. The fourth-order valence-electron chi connectivity index (χ4n) is 2.14. The van der Waals surface area contributed by atoms with Crippen LogP contribution in [0.4, 0.5) is 0 Å². The van der Waals surface area contributed by atoms with E-state index < -0.39 is 0 Å². The number of fused-ring (bicyclic) bond motifs is 1. The van der Waals surface area contributed by atoms with E-state index in [1.54, 1.807) is 0 Å². The molecule has 1 atom stereocenters. The van der Waals surface area contributed by atoms with E-state index in [1.807, 2.05) is 33.9 Å². The van der Waals surface area contributed by atoms with Crippen LogP contribution in [-0.4, -0.2) is 23.5 Å². The van der Waals surface area contributed by atoms with Gasteiger partial charge in [0, 0.05) is 18.4 Å². The molecule has 104 valence electrons. The molecule has 0 amide bonds. The third-order valence-electron chi connectivity index (χ3n) is 3.07. The molecule has 1 aromatic heterocycles. The van der Waals surface area contributed by atoms with E-state index in [9.17, 15) is 0 Å². The fraction of sp³-hybridized carbons (Fsp3) is 0.688. The van der Waals surface area contributed by atoms with E-state index in [4.69, 9.17) is 0 Å². The van der Waals surface area contributed by atoms with E-state index in [1.165, 1.54) is 24.1 Å². The van der Waals surface area contributed by atoms with Crippen LogP contribution in [0.2, 0.25) is 0 Å². The van der Waals surface area contributed by atoms with Gasteiger partial charge in [-0.15, -0.1) is 0 Å². The maximum absolute atomic E-state index is 4.38. The Bertz CT molecular complexity index is 334. The second-order valence-corrected chi connectivity index (χ2v) is 4.45. The zero-order valence-corrected chi connectivity index (χ0v) is 13.2. The van der Waals surface area contributed by atoms with Crippen LogP contribution in [0.15, 0.2) is 12.3 Å². The first-order chi connectivity index (χ1) is 8.66. The van der Waals surface area contributed by atoms with Gasteiger partial charge < -0.3 is 4.90 Å². The molecule has 1 unspecified atom stereocenters. The highest BCUT2D eigenvalue weighted by atomic mass is 15.1. The summed E-state index contributed by atoms with van der Waals surface area (Å²) in [6.45, 7) is 14.6.